The van der Waals surface area contributed by atoms with Crippen LogP contribution < -0.4 is 9.62 Å². The monoisotopic (exact) mass is 462 g/mol. The van der Waals surface area contributed by atoms with Gasteiger partial charge in [-0.1, -0.05) is 66.3 Å². The van der Waals surface area contributed by atoms with Crippen LogP contribution in [-0.4, -0.2) is 26.3 Å². The van der Waals surface area contributed by atoms with E-state index in [-0.39, 0.29) is 11.7 Å². The fourth-order valence-electron chi connectivity index (χ4n) is 2.54. The molecule has 1 N–H and O–H groups in total. The summed E-state index contributed by atoms with van der Waals surface area (Å²) < 4.78 is 21.2. The highest BCUT2D eigenvalue weighted by Crippen LogP contribution is 2.36. The Morgan fingerprint density at radius 1 is 1.03 bits per heavy atom. The maximum absolute atomic E-state index is 13.2. The number of nitrogens with one attached hydrogen (secondary N) is 1. The van der Waals surface area contributed by atoms with Gasteiger partial charge in [-0.15, -0.1) is 0 Å². The van der Waals surface area contributed by atoms with E-state index >= 15 is 0 Å². The van der Waals surface area contributed by atoms with Crippen molar-refractivity contribution >= 4 is 34.5 Å². The summed E-state index contributed by atoms with van der Waals surface area (Å²) in [6, 6.07) is 11.6. The van der Waals surface area contributed by atoms with Crippen LogP contribution in [0, 0.1) is 5.82 Å². The van der Waals surface area contributed by atoms with E-state index in [0.29, 0.717) is 22.5 Å². The van der Waals surface area contributed by atoms with E-state index in [9.17, 15) is 9.18 Å². The SMILES string of the molecule is CC.CC.CCCC.CNC(=O)c1c(-c2ccc(F)cc2)oc2cc(N(C)SC)ccc12. The van der Waals surface area contributed by atoms with Crippen LogP contribution in [0.15, 0.2) is 46.9 Å². The van der Waals surface area contributed by atoms with Gasteiger partial charge < -0.3 is 14.0 Å². The lowest BCUT2D eigenvalue weighted by atomic mass is 10.0. The zero-order valence-electron chi connectivity index (χ0n) is 21.0. The van der Waals surface area contributed by atoms with Gasteiger partial charge in [-0.05, 0) is 36.4 Å². The van der Waals surface area contributed by atoms with E-state index in [2.05, 4.69) is 19.2 Å². The first-order valence-corrected chi connectivity index (χ1v) is 12.5. The highest BCUT2D eigenvalue weighted by molar-refractivity contribution is 7.99. The van der Waals surface area contributed by atoms with Gasteiger partial charge in [0, 0.05) is 37.4 Å². The number of nitrogens with zero attached hydrogens (tertiary/aromatic N) is 1. The van der Waals surface area contributed by atoms with E-state index in [1.54, 1.807) is 31.1 Å². The van der Waals surface area contributed by atoms with Gasteiger partial charge >= 0.3 is 0 Å². The Labute approximate surface area is 197 Å². The number of halogens is 1. The number of carbonyl (C=O) groups is 1. The summed E-state index contributed by atoms with van der Waals surface area (Å²) >= 11 is 1.58. The molecule has 32 heavy (non-hydrogen) atoms. The molecular weight excluding hydrogens is 423 g/mol. The zero-order chi connectivity index (χ0) is 24.7. The van der Waals surface area contributed by atoms with Crippen LogP contribution >= 0.6 is 11.9 Å². The van der Waals surface area contributed by atoms with Crippen LogP contribution in [0.3, 0.4) is 0 Å². The number of fused-ring (bicyclic) bond motifs is 1. The van der Waals surface area contributed by atoms with Gasteiger partial charge in [0.25, 0.3) is 5.91 Å². The third-order valence-electron chi connectivity index (χ3n) is 4.37. The predicted molar refractivity (Wildman–Crippen MR) is 140 cm³/mol. The maximum Gasteiger partial charge on any atom is 0.255 e. The third kappa shape index (κ3) is 7.90. The van der Waals surface area contributed by atoms with Crippen molar-refractivity contribution in [2.45, 2.75) is 54.4 Å². The lowest BCUT2D eigenvalue weighted by molar-refractivity contribution is 0.0964. The van der Waals surface area contributed by atoms with Crippen LogP contribution in [0.5, 0.6) is 0 Å². The molecule has 0 saturated carbocycles. The fraction of sp³-hybridized carbons (Fsp3) is 0.423. The lowest BCUT2D eigenvalue weighted by Crippen LogP contribution is -2.18. The van der Waals surface area contributed by atoms with Crippen molar-refractivity contribution in [3.05, 3.63) is 53.8 Å². The molecule has 1 heterocycles. The molecule has 0 aliphatic rings. The van der Waals surface area contributed by atoms with Gasteiger partial charge in [0.05, 0.1) is 11.3 Å². The number of furan rings is 1. The van der Waals surface area contributed by atoms with Gasteiger partial charge in [0.1, 0.15) is 17.2 Å². The van der Waals surface area contributed by atoms with Gasteiger partial charge in [0.15, 0.2) is 0 Å². The highest BCUT2D eigenvalue weighted by Gasteiger charge is 2.22. The predicted octanol–water partition coefficient (Wildman–Crippen LogP) is 8.17. The summed E-state index contributed by atoms with van der Waals surface area (Å²) in [5.74, 6) is -0.132. The molecule has 1 aromatic heterocycles. The molecule has 0 aliphatic carbocycles. The Morgan fingerprint density at radius 3 is 2.06 bits per heavy atom. The van der Waals surface area contributed by atoms with Crippen molar-refractivity contribution in [1.29, 1.82) is 0 Å². The summed E-state index contributed by atoms with van der Waals surface area (Å²) in [7, 11) is 3.53. The number of carbonyl (C=O) groups excluding carboxylic acids is 1. The van der Waals surface area contributed by atoms with Crippen LogP contribution in [0.4, 0.5) is 10.1 Å². The van der Waals surface area contributed by atoms with Gasteiger partial charge in [-0.2, -0.15) is 0 Å². The first-order valence-electron chi connectivity index (χ1n) is 11.3. The molecule has 3 aromatic rings. The largest absolute Gasteiger partial charge is 0.455 e. The Hall–Kier alpha value is -2.47. The lowest BCUT2D eigenvalue weighted by Gasteiger charge is -2.14. The Morgan fingerprint density at radius 2 is 1.59 bits per heavy atom. The number of hydrogen-bond donors (Lipinski definition) is 1. The van der Waals surface area contributed by atoms with Crippen LogP contribution in [0.1, 0.15) is 64.7 Å². The first-order chi connectivity index (χ1) is 15.5. The molecule has 0 bridgehead atoms. The van der Waals surface area contributed by atoms with Crippen molar-refractivity contribution in [2.24, 2.45) is 0 Å². The summed E-state index contributed by atoms with van der Waals surface area (Å²) in [5.41, 5.74) is 2.70. The van der Waals surface area contributed by atoms with Gasteiger partial charge in [0.2, 0.25) is 0 Å². The number of rotatable bonds is 5. The molecule has 0 fully saturated rings. The van der Waals surface area contributed by atoms with Gasteiger partial charge in [-0.3, -0.25) is 4.79 Å². The van der Waals surface area contributed by atoms with Crippen molar-refractivity contribution in [2.75, 3.05) is 24.7 Å². The van der Waals surface area contributed by atoms with Gasteiger partial charge in [-0.25, -0.2) is 4.39 Å². The minimum Gasteiger partial charge on any atom is -0.455 e. The quantitative estimate of drug-likeness (QED) is 0.388. The minimum atomic E-state index is -0.333. The average Bonchev–Trinajstić information content (AvgIpc) is 3.24. The summed E-state index contributed by atoms with van der Waals surface area (Å²) in [4.78, 5) is 12.4. The highest BCUT2D eigenvalue weighted by atomic mass is 32.2. The molecule has 1 amide bonds. The number of unbranched alkanes of at least 4 members (excludes halogenated alkanes) is 1. The third-order valence-corrected chi connectivity index (χ3v) is 5.13. The maximum atomic E-state index is 13.2. The molecule has 0 atom stereocenters. The number of amides is 1. The standard InChI is InChI=1S/C18H17FN2O2S.C4H10.2C2H6/c1-20-18(22)16-14-9-8-13(21(2)24-3)10-15(14)23-17(16)11-4-6-12(19)7-5-11;1-3-4-2;2*1-2/h4-10H,1-3H3,(H,20,22);3-4H2,1-2H3;2*1-2H3. The molecule has 0 unspecified atom stereocenters. The topological polar surface area (TPSA) is 45.5 Å². The van der Waals surface area contributed by atoms with E-state index < -0.39 is 0 Å². The molecule has 0 spiro atoms. The molecule has 6 heteroatoms. The Kier molecular flexibility index (Phi) is 15.0. The normalized spacial score (nSPS) is 9.44. The Balaban J connectivity index is 0.00000106. The first kappa shape index (κ1) is 29.5. The smallest absolute Gasteiger partial charge is 0.255 e. The molecule has 2 aromatic carbocycles. The second-order valence-corrected chi connectivity index (χ2v) is 7.17. The number of anilines is 1. The molecular formula is C26H39FN2O2S. The van der Waals surface area contributed by atoms with E-state index in [0.717, 1.165) is 11.1 Å². The van der Waals surface area contributed by atoms with E-state index in [1.165, 1.54) is 25.0 Å². The molecule has 4 nitrogen and oxygen atoms in total. The second-order valence-electron chi connectivity index (χ2n) is 6.25. The van der Waals surface area contributed by atoms with Crippen molar-refractivity contribution in [3.63, 3.8) is 0 Å². The van der Waals surface area contributed by atoms with Crippen LogP contribution in [0.2, 0.25) is 0 Å². The summed E-state index contributed by atoms with van der Waals surface area (Å²) in [6.45, 7) is 12.4. The van der Waals surface area contributed by atoms with Crippen LogP contribution in [0.25, 0.3) is 22.3 Å². The van der Waals surface area contributed by atoms with E-state index in [4.69, 9.17) is 4.42 Å². The molecule has 3 rings (SSSR count). The summed E-state index contributed by atoms with van der Waals surface area (Å²) in [5, 5.41) is 3.37. The molecule has 0 radical (unpaired) electrons. The molecule has 0 saturated heterocycles. The average molecular weight is 463 g/mol. The van der Waals surface area contributed by atoms with Crippen molar-refractivity contribution < 1.29 is 13.6 Å². The van der Waals surface area contributed by atoms with Crippen molar-refractivity contribution in [3.8, 4) is 11.3 Å². The van der Waals surface area contributed by atoms with Crippen LogP contribution in [-0.2, 0) is 0 Å². The zero-order valence-corrected chi connectivity index (χ0v) is 21.8. The van der Waals surface area contributed by atoms with Crippen molar-refractivity contribution in [1.82, 2.24) is 5.32 Å². The molecule has 0 aliphatic heterocycles. The summed E-state index contributed by atoms with van der Waals surface area (Å²) in [6.07, 6.45) is 4.62. The van der Waals surface area contributed by atoms with E-state index in [1.807, 2.05) is 63.5 Å². The Bertz CT molecular complexity index is 921. The second kappa shape index (κ2) is 16.2. The number of hydrogen-bond acceptors (Lipinski definition) is 4. The fourth-order valence-corrected chi connectivity index (χ4v) is 2.87. The number of benzene rings is 2. The molecule has 178 valence electrons. The minimum absolute atomic E-state index is 0.237.